The van der Waals surface area contributed by atoms with Crippen molar-refractivity contribution in [1.29, 1.82) is 0 Å². The number of nitrogens with zero attached hydrogens (tertiary/aromatic N) is 2. The molecular formula is C14H17BrN2O3. The van der Waals surface area contributed by atoms with Crippen molar-refractivity contribution in [3.05, 3.63) is 47.8 Å². The number of methoxy groups -OCH3 is 2. The zero-order chi connectivity index (χ0) is 14.8. The van der Waals surface area contributed by atoms with Crippen LogP contribution in [0.4, 0.5) is 0 Å². The average molecular weight is 341 g/mol. The van der Waals surface area contributed by atoms with Crippen LogP contribution in [0.15, 0.2) is 36.7 Å². The molecule has 1 N–H and O–H groups in total. The van der Waals surface area contributed by atoms with Crippen LogP contribution < -0.4 is 9.47 Å². The minimum absolute atomic E-state index is 0.0267. The van der Waals surface area contributed by atoms with Crippen LogP contribution in [0.2, 0.25) is 0 Å². The largest absolute Gasteiger partial charge is 0.481 e. The Hall–Kier alpha value is -1.66. The Bertz CT molecular complexity index is 437. The normalized spacial score (nSPS) is 9.40. The lowest BCUT2D eigenvalue weighted by Crippen LogP contribution is -1.89. The highest BCUT2D eigenvalue weighted by Crippen LogP contribution is 2.10. The van der Waals surface area contributed by atoms with Crippen molar-refractivity contribution >= 4 is 15.9 Å². The summed E-state index contributed by atoms with van der Waals surface area (Å²) >= 11 is 3.34. The second-order valence-corrected chi connectivity index (χ2v) is 4.27. The van der Waals surface area contributed by atoms with Gasteiger partial charge in [0, 0.05) is 29.9 Å². The fourth-order valence-electron chi connectivity index (χ4n) is 1.31. The number of aliphatic hydroxyl groups is 1. The van der Waals surface area contributed by atoms with Crippen molar-refractivity contribution in [2.45, 2.75) is 11.9 Å². The molecule has 0 unspecified atom stereocenters. The summed E-state index contributed by atoms with van der Waals surface area (Å²) in [5.41, 5.74) is 1.98. The standard InChI is InChI=1S/C7H8BrNO.C7H9NO2/c1-10-7-4-6(5-8)2-3-9-7;1-10-7-4-6(5-9)2-3-8-7/h2-4H,5H2,1H3;2-4,9H,5H2,1H3. The number of hydrogen-bond acceptors (Lipinski definition) is 5. The molecule has 0 saturated heterocycles. The van der Waals surface area contributed by atoms with Crippen molar-refractivity contribution < 1.29 is 14.6 Å². The summed E-state index contributed by atoms with van der Waals surface area (Å²) in [5.74, 6) is 1.20. The predicted octanol–water partition coefficient (Wildman–Crippen LogP) is 2.57. The van der Waals surface area contributed by atoms with E-state index >= 15 is 0 Å². The van der Waals surface area contributed by atoms with Gasteiger partial charge in [0.25, 0.3) is 0 Å². The van der Waals surface area contributed by atoms with Gasteiger partial charge in [-0.1, -0.05) is 15.9 Å². The Kier molecular flexibility index (Phi) is 7.60. The van der Waals surface area contributed by atoms with Crippen molar-refractivity contribution in [1.82, 2.24) is 9.97 Å². The Labute approximate surface area is 126 Å². The van der Waals surface area contributed by atoms with E-state index in [2.05, 4.69) is 25.9 Å². The molecule has 0 radical (unpaired) electrons. The summed E-state index contributed by atoms with van der Waals surface area (Å²) in [6.45, 7) is 0.0267. The fourth-order valence-corrected chi connectivity index (χ4v) is 1.65. The number of aromatic nitrogens is 2. The Morgan fingerprint density at radius 3 is 1.95 bits per heavy atom. The van der Waals surface area contributed by atoms with E-state index in [1.165, 1.54) is 5.56 Å². The van der Waals surface area contributed by atoms with Gasteiger partial charge in [-0.05, 0) is 23.3 Å². The molecule has 0 spiro atoms. The third-order valence-electron chi connectivity index (χ3n) is 2.35. The monoisotopic (exact) mass is 340 g/mol. The van der Waals surface area contributed by atoms with E-state index in [0.29, 0.717) is 11.8 Å². The molecule has 0 aliphatic carbocycles. The first-order chi connectivity index (χ1) is 9.73. The van der Waals surface area contributed by atoms with E-state index in [1.807, 2.05) is 12.1 Å². The van der Waals surface area contributed by atoms with Gasteiger partial charge in [-0.2, -0.15) is 0 Å². The lowest BCUT2D eigenvalue weighted by Gasteiger charge is -1.98. The second-order valence-electron chi connectivity index (χ2n) is 3.70. The smallest absolute Gasteiger partial charge is 0.213 e. The molecule has 2 aromatic rings. The Morgan fingerprint density at radius 2 is 1.50 bits per heavy atom. The lowest BCUT2D eigenvalue weighted by molar-refractivity contribution is 0.280. The number of aliphatic hydroxyl groups excluding tert-OH is 1. The number of ether oxygens (including phenoxy) is 2. The average Bonchev–Trinajstić information content (AvgIpc) is 2.55. The zero-order valence-electron chi connectivity index (χ0n) is 11.4. The molecule has 5 nitrogen and oxygen atoms in total. The molecule has 108 valence electrons. The molecule has 0 bridgehead atoms. The van der Waals surface area contributed by atoms with Crippen molar-refractivity contribution in [3.8, 4) is 11.8 Å². The molecule has 0 amide bonds. The highest BCUT2D eigenvalue weighted by molar-refractivity contribution is 9.08. The summed E-state index contributed by atoms with van der Waals surface area (Å²) in [5, 5.41) is 9.51. The van der Waals surface area contributed by atoms with Crippen molar-refractivity contribution in [2.24, 2.45) is 0 Å². The number of rotatable bonds is 4. The molecule has 2 aromatic heterocycles. The van der Waals surface area contributed by atoms with Crippen LogP contribution in [0.5, 0.6) is 11.8 Å². The van der Waals surface area contributed by atoms with Crippen LogP contribution in [0.25, 0.3) is 0 Å². The molecule has 20 heavy (non-hydrogen) atoms. The minimum Gasteiger partial charge on any atom is -0.481 e. The molecule has 0 fully saturated rings. The fraction of sp³-hybridized carbons (Fsp3) is 0.286. The predicted molar refractivity (Wildman–Crippen MR) is 80.1 cm³/mol. The maximum Gasteiger partial charge on any atom is 0.213 e. The molecule has 0 saturated carbocycles. The molecule has 0 aliphatic rings. The van der Waals surface area contributed by atoms with Crippen LogP contribution in [-0.4, -0.2) is 29.3 Å². The molecule has 0 atom stereocenters. The summed E-state index contributed by atoms with van der Waals surface area (Å²) in [6, 6.07) is 7.27. The van der Waals surface area contributed by atoms with E-state index in [1.54, 1.807) is 38.7 Å². The number of hydrogen-bond donors (Lipinski definition) is 1. The van der Waals surface area contributed by atoms with Crippen LogP contribution in [0.1, 0.15) is 11.1 Å². The van der Waals surface area contributed by atoms with Gasteiger partial charge in [-0.15, -0.1) is 0 Å². The van der Waals surface area contributed by atoms with Gasteiger partial charge in [0.15, 0.2) is 0 Å². The third-order valence-corrected chi connectivity index (χ3v) is 3.00. The van der Waals surface area contributed by atoms with Gasteiger partial charge in [0.1, 0.15) is 0 Å². The third kappa shape index (κ3) is 5.54. The summed E-state index contributed by atoms with van der Waals surface area (Å²) in [4.78, 5) is 7.84. The van der Waals surface area contributed by atoms with Crippen molar-refractivity contribution in [2.75, 3.05) is 14.2 Å². The lowest BCUT2D eigenvalue weighted by atomic mass is 10.3. The van der Waals surface area contributed by atoms with Crippen molar-refractivity contribution in [3.63, 3.8) is 0 Å². The van der Waals surface area contributed by atoms with E-state index in [-0.39, 0.29) is 6.61 Å². The highest BCUT2D eigenvalue weighted by atomic mass is 79.9. The zero-order valence-corrected chi connectivity index (χ0v) is 13.0. The van der Waals surface area contributed by atoms with Crippen LogP contribution in [0, 0.1) is 0 Å². The van der Waals surface area contributed by atoms with Gasteiger partial charge in [0.2, 0.25) is 11.8 Å². The quantitative estimate of drug-likeness (QED) is 0.866. The number of halogens is 1. The maximum absolute atomic E-state index is 8.67. The minimum atomic E-state index is 0.0267. The highest BCUT2D eigenvalue weighted by Gasteiger charge is 1.93. The van der Waals surface area contributed by atoms with Gasteiger partial charge in [-0.25, -0.2) is 9.97 Å². The summed E-state index contributed by atoms with van der Waals surface area (Å²) < 4.78 is 9.76. The Balaban J connectivity index is 0.000000200. The summed E-state index contributed by atoms with van der Waals surface area (Å²) in [6.07, 6.45) is 3.33. The number of pyridine rings is 2. The SMILES string of the molecule is COc1cc(CBr)ccn1.COc1cc(CO)ccn1. The van der Waals surface area contributed by atoms with E-state index in [0.717, 1.165) is 10.9 Å². The van der Waals surface area contributed by atoms with Gasteiger partial charge in [0.05, 0.1) is 20.8 Å². The maximum atomic E-state index is 8.67. The first-order valence-corrected chi connectivity index (χ1v) is 7.00. The van der Waals surface area contributed by atoms with Crippen LogP contribution >= 0.6 is 15.9 Å². The van der Waals surface area contributed by atoms with Crippen LogP contribution in [-0.2, 0) is 11.9 Å². The topological polar surface area (TPSA) is 64.5 Å². The molecule has 2 heterocycles. The van der Waals surface area contributed by atoms with E-state index in [9.17, 15) is 0 Å². The number of alkyl halides is 1. The van der Waals surface area contributed by atoms with Gasteiger partial charge >= 0.3 is 0 Å². The summed E-state index contributed by atoms with van der Waals surface area (Å²) in [7, 11) is 3.16. The first kappa shape index (κ1) is 16.4. The van der Waals surface area contributed by atoms with Gasteiger partial charge in [-0.3, -0.25) is 0 Å². The van der Waals surface area contributed by atoms with Gasteiger partial charge < -0.3 is 14.6 Å². The molecule has 0 aromatic carbocycles. The molecule has 6 heteroatoms. The van der Waals surface area contributed by atoms with Crippen LogP contribution in [0.3, 0.4) is 0 Å². The molecule has 2 rings (SSSR count). The molecular weight excluding hydrogens is 324 g/mol. The first-order valence-electron chi connectivity index (χ1n) is 5.88. The Morgan fingerprint density at radius 1 is 1.00 bits per heavy atom. The van der Waals surface area contributed by atoms with E-state index in [4.69, 9.17) is 14.6 Å². The second kappa shape index (κ2) is 9.28. The molecule has 0 aliphatic heterocycles. The van der Waals surface area contributed by atoms with E-state index < -0.39 is 0 Å².